The molecular weight excluding hydrogens is 432 g/mol. The minimum absolute atomic E-state index is 0.0458. The van der Waals surface area contributed by atoms with E-state index in [4.69, 9.17) is 10.5 Å². The van der Waals surface area contributed by atoms with Crippen LogP contribution in [0.1, 0.15) is 58.4 Å². The number of ether oxygens (including phenoxy) is 1. The molecule has 1 aromatic carbocycles. The fourth-order valence-corrected chi connectivity index (χ4v) is 5.37. The van der Waals surface area contributed by atoms with Crippen molar-refractivity contribution in [1.82, 2.24) is 19.7 Å². The van der Waals surface area contributed by atoms with Crippen molar-refractivity contribution in [3.05, 3.63) is 24.4 Å². The third kappa shape index (κ3) is 5.45. The van der Waals surface area contributed by atoms with Crippen LogP contribution in [0.5, 0.6) is 0 Å². The van der Waals surface area contributed by atoms with Crippen molar-refractivity contribution in [2.45, 2.75) is 81.5 Å². The Morgan fingerprint density at radius 3 is 2.56 bits per heavy atom. The van der Waals surface area contributed by atoms with E-state index in [2.05, 4.69) is 20.4 Å². The number of hydrogen-bond donors (Lipinski definition) is 3. The number of hydrogen-bond acceptors (Lipinski definition) is 7. The number of carbonyl (C=O) groups is 1. The number of nitrogens with zero attached hydrogens (tertiary/aromatic N) is 3. The number of carbonyl (C=O) groups excluding carboxylic acids is 1. The zero-order valence-electron chi connectivity index (χ0n) is 18.3. The SMILES string of the molecule is CC(C)OC(=O)Nc1ccc(-c2cn(C3CCC(N)CC3)nn2)c(S(=O)(=O)NC2CC2)c1. The molecule has 11 heteroatoms. The van der Waals surface area contributed by atoms with E-state index in [1.807, 2.05) is 0 Å². The summed E-state index contributed by atoms with van der Waals surface area (Å²) in [6.07, 6.45) is 6.16. The van der Waals surface area contributed by atoms with Crippen LogP contribution in [0.15, 0.2) is 29.3 Å². The zero-order valence-corrected chi connectivity index (χ0v) is 19.1. The average molecular weight is 463 g/mol. The van der Waals surface area contributed by atoms with Crippen molar-refractivity contribution < 1.29 is 17.9 Å². The van der Waals surface area contributed by atoms with E-state index in [0.29, 0.717) is 16.9 Å². The standard InChI is InChI=1S/C21H30N6O4S/c1-13(2)31-21(28)23-16-7-10-18(20(11-16)32(29,30)25-15-5-6-15)19-12-27(26-24-19)17-8-3-14(22)4-9-17/h7,10-15,17,25H,3-6,8-9,22H2,1-2H3,(H,23,28). The van der Waals surface area contributed by atoms with Gasteiger partial charge in [-0.15, -0.1) is 5.10 Å². The van der Waals surface area contributed by atoms with Gasteiger partial charge in [-0.25, -0.2) is 22.6 Å². The Labute approximate surface area is 187 Å². The van der Waals surface area contributed by atoms with Gasteiger partial charge in [-0.3, -0.25) is 5.32 Å². The second kappa shape index (κ2) is 9.16. The number of nitrogens with one attached hydrogen (secondary N) is 2. The maximum atomic E-state index is 13.1. The molecule has 0 atom stereocenters. The third-order valence-electron chi connectivity index (χ3n) is 5.66. The Hall–Kier alpha value is -2.50. The molecule has 4 N–H and O–H groups in total. The lowest BCUT2D eigenvalue weighted by molar-refractivity contribution is 0.130. The van der Waals surface area contributed by atoms with Gasteiger partial charge >= 0.3 is 6.09 Å². The Morgan fingerprint density at radius 2 is 1.91 bits per heavy atom. The highest BCUT2D eigenvalue weighted by Crippen LogP contribution is 2.33. The highest BCUT2D eigenvalue weighted by Gasteiger charge is 2.31. The van der Waals surface area contributed by atoms with Gasteiger partial charge in [-0.1, -0.05) is 5.21 Å². The summed E-state index contributed by atoms with van der Waals surface area (Å²) < 4.78 is 35.8. The van der Waals surface area contributed by atoms with E-state index in [-0.39, 0.29) is 29.1 Å². The van der Waals surface area contributed by atoms with Gasteiger partial charge < -0.3 is 10.5 Å². The van der Waals surface area contributed by atoms with E-state index < -0.39 is 16.1 Å². The number of sulfonamides is 1. The summed E-state index contributed by atoms with van der Waals surface area (Å²) >= 11 is 0. The summed E-state index contributed by atoms with van der Waals surface area (Å²) in [6.45, 7) is 3.48. The molecule has 2 aromatic rings. The lowest BCUT2D eigenvalue weighted by Gasteiger charge is -2.25. The number of amides is 1. The van der Waals surface area contributed by atoms with Gasteiger partial charge in [0.15, 0.2) is 0 Å². The molecule has 0 saturated heterocycles. The average Bonchev–Trinajstić information content (AvgIpc) is 3.39. The summed E-state index contributed by atoms with van der Waals surface area (Å²) in [5.74, 6) is 0. The van der Waals surface area contributed by atoms with Crippen molar-refractivity contribution in [3.63, 3.8) is 0 Å². The normalized spacial score (nSPS) is 21.5. The molecule has 1 amide bonds. The van der Waals surface area contributed by atoms with Gasteiger partial charge in [0, 0.05) is 23.3 Å². The second-order valence-electron chi connectivity index (χ2n) is 8.84. The van der Waals surface area contributed by atoms with Crippen LogP contribution in [0, 0.1) is 0 Å². The highest BCUT2D eigenvalue weighted by atomic mass is 32.2. The number of nitrogens with two attached hydrogens (primary N) is 1. The maximum absolute atomic E-state index is 13.1. The molecule has 2 fully saturated rings. The van der Waals surface area contributed by atoms with E-state index in [9.17, 15) is 13.2 Å². The molecule has 0 radical (unpaired) electrons. The summed E-state index contributed by atoms with van der Waals surface area (Å²) in [6, 6.07) is 5.07. The Balaban J connectivity index is 1.64. The van der Waals surface area contributed by atoms with Crippen LogP contribution < -0.4 is 15.8 Å². The van der Waals surface area contributed by atoms with Gasteiger partial charge in [0.2, 0.25) is 10.0 Å². The monoisotopic (exact) mass is 462 g/mol. The molecule has 4 rings (SSSR count). The lowest BCUT2D eigenvalue weighted by atomic mass is 9.92. The van der Waals surface area contributed by atoms with E-state index in [0.717, 1.165) is 38.5 Å². The van der Waals surface area contributed by atoms with Gasteiger partial charge in [0.05, 0.1) is 23.2 Å². The number of aromatic nitrogens is 3. The van der Waals surface area contributed by atoms with Crippen molar-refractivity contribution in [2.75, 3.05) is 5.32 Å². The molecule has 2 aliphatic carbocycles. The smallest absolute Gasteiger partial charge is 0.411 e. The minimum Gasteiger partial charge on any atom is -0.447 e. The Morgan fingerprint density at radius 1 is 1.19 bits per heavy atom. The summed E-state index contributed by atoms with van der Waals surface area (Å²) in [5, 5.41) is 11.1. The third-order valence-corrected chi connectivity index (χ3v) is 7.22. The van der Waals surface area contributed by atoms with E-state index in [1.54, 1.807) is 36.9 Å². The number of rotatable bonds is 7. The first-order valence-electron chi connectivity index (χ1n) is 11.0. The quantitative estimate of drug-likeness (QED) is 0.574. The molecule has 2 aliphatic rings. The van der Waals surface area contributed by atoms with Crippen LogP contribution in [0.4, 0.5) is 10.5 Å². The van der Waals surface area contributed by atoms with Crippen LogP contribution in [0.3, 0.4) is 0 Å². The molecule has 1 heterocycles. The van der Waals surface area contributed by atoms with Crippen molar-refractivity contribution in [3.8, 4) is 11.3 Å². The maximum Gasteiger partial charge on any atom is 0.411 e. The Bertz CT molecular complexity index is 1070. The molecule has 0 bridgehead atoms. The first-order valence-corrected chi connectivity index (χ1v) is 12.5. The van der Waals surface area contributed by atoms with Crippen LogP contribution >= 0.6 is 0 Å². The van der Waals surface area contributed by atoms with Gasteiger partial charge in [0.1, 0.15) is 5.69 Å². The molecule has 32 heavy (non-hydrogen) atoms. The number of benzene rings is 1. The van der Waals surface area contributed by atoms with Crippen molar-refractivity contribution >= 4 is 21.8 Å². The van der Waals surface area contributed by atoms with Crippen LogP contribution in [0.2, 0.25) is 0 Å². The predicted molar refractivity (Wildman–Crippen MR) is 120 cm³/mol. The van der Waals surface area contributed by atoms with Crippen molar-refractivity contribution in [2.24, 2.45) is 5.73 Å². The molecule has 1 aromatic heterocycles. The highest BCUT2D eigenvalue weighted by molar-refractivity contribution is 7.89. The first-order chi connectivity index (χ1) is 15.2. The van der Waals surface area contributed by atoms with Crippen LogP contribution in [-0.4, -0.2) is 47.7 Å². The van der Waals surface area contributed by atoms with Crippen LogP contribution in [-0.2, 0) is 14.8 Å². The van der Waals surface area contributed by atoms with Gasteiger partial charge in [-0.05, 0) is 70.6 Å². The molecule has 0 aliphatic heterocycles. The predicted octanol–water partition coefficient (Wildman–Crippen LogP) is 2.79. The van der Waals surface area contributed by atoms with Crippen molar-refractivity contribution in [1.29, 1.82) is 0 Å². The van der Waals surface area contributed by atoms with Crippen LogP contribution in [0.25, 0.3) is 11.3 Å². The van der Waals surface area contributed by atoms with Gasteiger partial charge in [0.25, 0.3) is 0 Å². The summed E-state index contributed by atoms with van der Waals surface area (Å²) in [4.78, 5) is 12.0. The van der Waals surface area contributed by atoms with Gasteiger partial charge in [-0.2, -0.15) is 0 Å². The topological polar surface area (TPSA) is 141 Å². The van der Waals surface area contributed by atoms with E-state index in [1.165, 1.54) is 6.07 Å². The van der Waals surface area contributed by atoms with E-state index >= 15 is 0 Å². The fourth-order valence-electron chi connectivity index (χ4n) is 3.82. The largest absolute Gasteiger partial charge is 0.447 e. The summed E-state index contributed by atoms with van der Waals surface area (Å²) in [7, 11) is -3.82. The lowest BCUT2D eigenvalue weighted by Crippen LogP contribution is -2.28. The molecule has 10 nitrogen and oxygen atoms in total. The summed E-state index contributed by atoms with van der Waals surface area (Å²) in [5.41, 5.74) is 7.22. The molecule has 174 valence electrons. The Kier molecular flexibility index (Phi) is 6.50. The number of anilines is 1. The first kappa shape index (κ1) is 22.7. The minimum atomic E-state index is -3.82. The fraction of sp³-hybridized carbons (Fsp3) is 0.571. The molecular formula is C21H30N6O4S. The molecule has 0 unspecified atom stereocenters. The second-order valence-corrected chi connectivity index (χ2v) is 10.5. The molecule has 0 spiro atoms. The zero-order chi connectivity index (χ0) is 22.9. The molecule has 2 saturated carbocycles.